The van der Waals surface area contributed by atoms with Gasteiger partial charge in [-0.3, -0.25) is 4.79 Å². The van der Waals surface area contributed by atoms with E-state index in [4.69, 9.17) is 4.74 Å². The molecule has 0 heterocycles. The highest BCUT2D eigenvalue weighted by molar-refractivity contribution is 5.78. The normalized spacial score (nSPS) is 16.1. The highest BCUT2D eigenvalue weighted by atomic mass is 16.5. The van der Waals surface area contributed by atoms with Gasteiger partial charge in [0, 0.05) is 0 Å². The van der Waals surface area contributed by atoms with Gasteiger partial charge in [0.15, 0.2) is 6.61 Å². The van der Waals surface area contributed by atoms with Gasteiger partial charge in [0.2, 0.25) is 0 Å². The Labute approximate surface area is 144 Å². The Morgan fingerprint density at radius 3 is 2.79 bits per heavy atom. The Kier molecular flexibility index (Phi) is 4.89. The van der Waals surface area contributed by atoms with E-state index in [1.54, 1.807) is 0 Å². The number of benzene rings is 2. The molecule has 2 aromatic rings. The number of hydrogen-bond donors (Lipinski definition) is 1. The van der Waals surface area contributed by atoms with Gasteiger partial charge in [0.05, 0.1) is 6.04 Å². The molecule has 3 heteroatoms. The first-order chi connectivity index (χ1) is 11.5. The summed E-state index contributed by atoms with van der Waals surface area (Å²) in [5.41, 5.74) is 5.09. The maximum Gasteiger partial charge on any atom is 0.258 e. The van der Waals surface area contributed by atoms with Crippen molar-refractivity contribution < 1.29 is 9.53 Å². The summed E-state index contributed by atoms with van der Waals surface area (Å²) in [4.78, 5) is 12.2. The van der Waals surface area contributed by atoms with Crippen molar-refractivity contribution in [1.82, 2.24) is 5.32 Å². The fourth-order valence-corrected chi connectivity index (χ4v) is 3.48. The maximum absolute atomic E-state index is 12.2. The average Bonchev–Trinajstić information content (AvgIpc) is 2.96. The highest BCUT2D eigenvalue weighted by Crippen LogP contribution is 2.30. The van der Waals surface area contributed by atoms with Crippen molar-refractivity contribution in [1.29, 1.82) is 0 Å². The maximum atomic E-state index is 12.2. The van der Waals surface area contributed by atoms with Crippen molar-refractivity contribution in [3.05, 3.63) is 64.7 Å². The molecule has 1 unspecified atom stereocenters. The quantitative estimate of drug-likeness (QED) is 0.891. The number of fused-ring (bicyclic) bond motifs is 1. The second-order valence-corrected chi connectivity index (χ2v) is 6.82. The molecule has 0 spiro atoms. The van der Waals surface area contributed by atoms with E-state index in [1.165, 1.54) is 22.3 Å². The molecule has 0 saturated heterocycles. The van der Waals surface area contributed by atoms with Crippen LogP contribution >= 0.6 is 0 Å². The lowest BCUT2D eigenvalue weighted by Crippen LogP contribution is -2.31. The van der Waals surface area contributed by atoms with E-state index >= 15 is 0 Å². The molecule has 24 heavy (non-hydrogen) atoms. The molecule has 1 amide bonds. The number of aryl methyl sites for hydroxylation is 2. The second kappa shape index (κ2) is 7.08. The van der Waals surface area contributed by atoms with Crippen molar-refractivity contribution >= 4 is 5.91 Å². The van der Waals surface area contributed by atoms with Gasteiger partial charge in [0.1, 0.15) is 5.75 Å². The lowest BCUT2D eigenvalue weighted by Gasteiger charge is -2.15. The summed E-state index contributed by atoms with van der Waals surface area (Å²) in [7, 11) is 0. The first-order valence-corrected chi connectivity index (χ1v) is 8.65. The molecule has 3 rings (SSSR count). The number of ether oxygens (including phenoxy) is 1. The van der Waals surface area contributed by atoms with Crippen LogP contribution in [0, 0.1) is 6.92 Å². The van der Waals surface area contributed by atoms with Crippen molar-refractivity contribution in [3.63, 3.8) is 0 Å². The van der Waals surface area contributed by atoms with Gasteiger partial charge in [0.25, 0.3) is 5.91 Å². The van der Waals surface area contributed by atoms with E-state index in [-0.39, 0.29) is 18.6 Å². The molecule has 1 aliphatic rings. The van der Waals surface area contributed by atoms with Crippen LogP contribution in [-0.2, 0) is 11.2 Å². The SMILES string of the molecule is Cc1cc(OCC(=O)NC2CCc3ccccc32)ccc1C(C)C. The smallest absolute Gasteiger partial charge is 0.258 e. The zero-order chi connectivity index (χ0) is 17.1. The number of nitrogens with one attached hydrogen (secondary N) is 1. The number of rotatable bonds is 5. The summed E-state index contributed by atoms with van der Waals surface area (Å²) >= 11 is 0. The van der Waals surface area contributed by atoms with Gasteiger partial charge < -0.3 is 10.1 Å². The molecular weight excluding hydrogens is 298 g/mol. The molecule has 0 aromatic heterocycles. The highest BCUT2D eigenvalue weighted by Gasteiger charge is 2.23. The zero-order valence-corrected chi connectivity index (χ0v) is 14.6. The molecule has 126 valence electrons. The summed E-state index contributed by atoms with van der Waals surface area (Å²) < 4.78 is 5.67. The van der Waals surface area contributed by atoms with Crippen LogP contribution in [0.5, 0.6) is 5.75 Å². The van der Waals surface area contributed by atoms with Gasteiger partial charge in [-0.05, 0) is 60.1 Å². The molecule has 1 aliphatic carbocycles. The van der Waals surface area contributed by atoms with E-state index in [9.17, 15) is 4.79 Å². The van der Waals surface area contributed by atoms with Gasteiger partial charge in [-0.15, -0.1) is 0 Å². The van der Waals surface area contributed by atoms with Crippen LogP contribution in [0.2, 0.25) is 0 Å². The van der Waals surface area contributed by atoms with Gasteiger partial charge in [-0.25, -0.2) is 0 Å². The Hall–Kier alpha value is -2.29. The van der Waals surface area contributed by atoms with Crippen molar-refractivity contribution in [2.24, 2.45) is 0 Å². The molecule has 0 fully saturated rings. The van der Waals surface area contributed by atoms with Crippen LogP contribution < -0.4 is 10.1 Å². The lowest BCUT2D eigenvalue weighted by atomic mass is 9.98. The molecule has 1 atom stereocenters. The second-order valence-electron chi connectivity index (χ2n) is 6.82. The number of carbonyl (C=O) groups excluding carboxylic acids is 1. The molecule has 3 nitrogen and oxygen atoms in total. The van der Waals surface area contributed by atoms with Crippen LogP contribution in [0.3, 0.4) is 0 Å². The van der Waals surface area contributed by atoms with Crippen molar-refractivity contribution in [3.8, 4) is 5.75 Å². The van der Waals surface area contributed by atoms with E-state index in [0.717, 1.165) is 18.6 Å². The van der Waals surface area contributed by atoms with E-state index in [0.29, 0.717) is 5.92 Å². The van der Waals surface area contributed by atoms with Gasteiger partial charge >= 0.3 is 0 Å². The van der Waals surface area contributed by atoms with E-state index in [2.05, 4.69) is 50.4 Å². The third kappa shape index (κ3) is 3.61. The third-order valence-electron chi connectivity index (χ3n) is 4.70. The number of carbonyl (C=O) groups is 1. The van der Waals surface area contributed by atoms with Crippen molar-refractivity contribution in [2.45, 2.75) is 45.6 Å². The molecule has 0 bridgehead atoms. The van der Waals surface area contributed by atoms with Crippen LogP contribution in [0.4, 0.5) is 0 Å². The summed E-state index contributed by atoms with van der Waals surface area (Å²) in [5, 5.41) is 3.09. The predicted octanol–water partition coefficient (Wildman–Crippen LogP) is 4.30. The average molecular weight is 323 g/mol. The molecule has 0 aliphatic heterocycles. The van der Waals surface area contributed by atoms with E-state index in [1.807, 2.05) is 18.2 Å². The van der Waals surface area contributed by atoms with Crippen LogP contribution in [0.15, 0.2) is 42.5 Å². The number of amides is 1. The minimum Gasteiger partial charge on any atom is -0.484 e. The molecule has 1 N–H and O–H groups in total. The monoisotopic (exact) mass is 323 g/mol. The minimum atomic E-state index is -0.0673. The van der Waals surface area contributed by atoms with Crippen LogP contribution in [-0.4, -0.2) is 12.5 Å². The van der Waals surface area contributed by atoms with Crippen molar-refractivity contribution in [2.75, 3.05) is 6.61 Å². The largest absolute Gasteiger partial charge is 0.484 e. The molecule has 2 aromatic carbocycles. The Morgan fingerprint density at radius 2 is 2.04 bits per heavy atom. The summed E-state index contributed by atoms with van der Waals surface area (Å²) in [6.45, 7) is 6.49. The van der Waals surface area contributed by atoms with Crippen LogP contribution in [0.1, 0.15) is 54.5 Å². The first kappa shape index (κ1) is 16.6. The molecule has 0 radical (unpaired) electrons. The third-order valence-corrected chi connectivity index (χ3v) is 4.70. The Balaban J connectivity index is 1.56. The Bertz CT molecular complexity index is 736. The zero-order valence-electron chi connectivity index (χ0n) is 14.6. The predicted molar refractivity (Wildman–Crippen MR) is 96.4 cm³/mol. The summed E-state index contributed by atoms with van der Waals surface area (Å²) in [5.74, 6) is 1.17. The lowest BCUT2D eigenvalue weighted by molar-refractivity contribution is -0.123. The van der Waals surface area contributed by atoms with Crippen LogP contribution in [0.25, 0.3) is 0 Å². The summed E-state index contributed by atoms with van der Waals surface area (Å²) in [6.07, 6.45) is 1.99. The van der Waals surface area contributed by atoms with Gasteiger partial charge in [-0.1, -0.05) is 44.2 Å². The first-order valence-electron chi connectivity index (χ1n) is 8.65. The molecule has 0 saturated carbocycles. The number of hydrogen-bond acceptors (Lipinski definition) is 2. The fraction of sp³-hybridized carbons (Fsp3) is 0.381. The van der Waals surface area contributed by atoms with Gasteiger partial charge in [-0.2, -0.15) is 0 Å². The standard InChI is InChI=1S/C21H25NO2/c1-14(2)18-10-9-17(12-15(18)3)24-13-21(23)22-20-11-8-16-6-4-5-7-19(16)20/h4-7,9-10,12,14,20H,8,11,13H2,1-3H3,(H,22,23). The van der Waals surface area contributed by atoms with E-state index < -0.39 is 0 Å². The summed E-state index contributed by atoms with van der Waals surface area (Å²) in [6, 6.07) is 14.5. The Morgan fingerprint density at radius 1 is 1.25 bits per heavy atom. The fourth-order valence-electron chi connectivity index (χ4n) is 3.48. The molecular formula is C21H25NO2. The topological polar surface area (TPSA) is 38.3 Å². The minimum absolute atomic E-state index is 0.0547.